The highest BCUT2D eigenvalue weighted by atomic mass is 19.2. The van der Waals surface area contributed by atoms with Crippen LogP contribution in [0.1, 0.15) is 10.5 Å². The second-order valence-corrected chi connectivity index (χ2v) is 5.75. The number of nitrogens with zero attached hydrogens (tertiary/aromatic N) is 3. The summed E-state index contributed by atoms with van der Waals surface area (Å²) in [5.74, 6) is -2.00. The van der Waals surface area contributed by atoms with E-state index < -0.39 is 17.5 Å². The third-order valence-corrected chi connectivity index (χ3v) is 3.90. The van der Waals surface area contributed by atoms with Crippen molar-refractivity contribution in [3.63, 3.8) is 0 Å². The van der Waals surface area contributed by atoms with Gasteiger partial charge in [-0.15, -0.1) is 0 Å². The minimum atomic E-state index is -1.03. The van der Waals surface area contributed by atoms with Crippen molar-refractivity contribution in [2.24, 2.45) is 0 Å². The van der Waals surface area contributed by atoms with Gasteiger partial charge in [0.25, 0.3) is 5.91 Å². The highest BCUT2D eigenvalue weighted by Gasteiger charge is 2.11. The summed E-state index contributed by atoms with van der Waals surface area (Å²) in [7, 11) is 0. The van der Waals surface area contributed by atoms with Gasteiger partial charge in [0.05, 0.1) is 25.6 Å². The Labute approximate surface area is 149 Å². The van der Waals surface area contributed by atoms with E-state index in [1.165, 1.54) is 18.5 Å². The quantitative estimate of drug-likeness (QED) is 0.814. The Morgan fingerprint density at radius 3 is 2.65 bits per heavy atom. The summed E-state index contributed by atoms with van der Waals surface area (Å²) in [6, 6.07) is 3.12. The SMILES string of the molecule is O=C(Nc1ccc(F)c(F)c1)c1cnc(NCCN2CCOCC2)cn1. The number of hydrogen-bond acceptors (Lipinski definition) is 6. The van der Waals surface area contributed by atoms with Gasteiger partial charge in [0.1, 0.15) is 11.5 Å². The number of halogens is 2. The largest absolute Gasteiger partial charge is 0.379 e. The summed E-state index contributed by atoms with van der Waals surface area (Å²) < 4.78 is 31.4. The second-order valence-electron chi connectivity index (χ2n) is 5.75. The number of nitrogens with one attached hydrogen (secondary N) is 2. The fraction of sp³-hybridized carbons (Fsp3) is 0.353. The van der Waals surface area contributed by atoms with Crippen LogP contribution in [0.3, 0.4) is 0 Å². The molecule has 0 unspecified atom stereocenters. The Bertz CT molecular complexity index is 751. The zero-order chi connectivity index (χ0) is 18.4. The highest BCUT2D eigenvalue weighted by molar-refractivity contribution is 6.02. The van der Waals surface area contributed by atoms with Crippen molar-refractivity contribution in [1.29, 1.82) is 0 Å². The smallest absolute Gasteiger partial charge is 0.275 e. The number of carbonyl (C=O) groups is 1. The topological polar surface area (TPSA) is 79.4 Å². The van der Waals surface area contributed by atoms with Crippen molar-refractivity contribution in [2.45, 2.75) is 0 Å². The molecule has 0 spiro atoms. The maximum Gasteiger partial charge on any atom is 0.275 e. The van der Waals surface area contributed by atoms with Crippen LogP contribution in [0.25, 0.3) is 0 Å². The zero-order valence-electron chi connectivity index (χ0n) is 14.0. The van der Waals surface area contributed by atoms with Gasteiger partial charge in [0.15, 0.2) is 11.6 Å². The lowest BCUT2D eigenvalue weighted by Gasteiger charge is -2.26. The molecule has 2 aromatic rings. The van der Waals surface area contributed by atoms with E-state index in [-0.39, 0.29) is 11.4 Å². The third kappa shape index (κ3) is 4.93. The molecule has 26 heavy (non-hydrogen) atoms. The summed E-state index contributed by atoms with van der Waals surface area (Å²) in [5, 5.41) is 5.59. The number of anilines is 2. The van der Waals surface area contributed by atoms with Crippen molar-refractivity contribution in [3.05, 3.63) is 47.9 Å². The molecule has 0 saturated carbocycles. The fourth-order valence-corrected chi connectivity index (χ4v) is 2.47. The van der Waals surface area contributed by atoms with Gasteiger partial charge in [-0.05, 0) is 12.1 Å². The number of carbonyl (C=O) groups excluding carboxylic acids is 1. The van der Waals surface area contributed by atoms with Gasteiger partial charge in [0.2, 0.25) is 0 Å². The lowest BCUT2D eigenvalue weighted by atomic mass is 10.3. The first-order valence-electron chi connectivity index (χ1n) is 8.24. The number of rotatable bonds is 6. The molecule has 0 aliphatic carbocycles. The van der Waals surface area contributed by atoms with Crippen molar-refractivity contribution in [3.8, 4) is 0 Å². The molecule has 2 N–H and O–H groups in total. The van der Waals surface area contributed by atoms with Crippen LogP contribution < -0.4 is 10.6 Å². The number of hydrogen-bond donors (Lipinski definition) is 2. The van der Waals surface area contributed by atoms with Crippen molar-refractivity contribution in [2.75, 3.05) is 50.0 Å². The van der Waals surface area contributed by atoms with Crippen LogP contribution >= 0.6 is 0 Å². The van der Waals surface area contributed by atoms with E-state index in [0.717, 1.165) is 45.0 Å². The Morgan fingerprint density at radius 1 is 1.15 bits per heavy atom. The van der Waals surface area contributed by atoms with Crippen LogP contribution in [0.4, 0.5) is 20.3 Å². The molecule has 9 heteroatoms. The average Bonchev–Trinajstić information content (AvgIpc) is 2.66. The van der Waals surface area contributed by atoms with Gasteiger partial charge in [0, 0.05) is 37.9 Å². The van der Waals surface area contributed by atoms with Gasteiger partial charge < -0.3 is 15.4 Å². The van der Waals surface area contributed by atoms with E-state index in [9.17, 15) is 13.6 Å². The number of amides is 1. The van der Waals surface area contributed by atoms with Crippen LogP contribution in [-0.4, -0.2) is 60.2 Å². The molecule has 0 bridgehead atoms. The predicted molar refractivity (Wildman–Crippen MR) is 92.1 cm³/mol. The summed E-state index contributed by atoms with van der Waals surface area (Å²) in [6.07, 6.45) is 2.78. The minimum absolute atomic E-state index is 0.0773. The molecular formula is C17H19F2N5O2. The molecule has 3 rings (SSSR count). The van der Waals surface area contributed by atoms with E-state index in [4.69, 9.17) is 4.74 Å². The standard InChI is InChI=1S/C17H19F2N5O2/c18-13-2-1-12(9-14(13)19)23-17(25)15-10-22-16(11-21-15)20-3-4-24-5-7-26-8-6-24/h1-2,9-11H,3-8H2,(H,20,22)(H,23,25). The maximum atomic E-state index is 13.2. The first-order valence-corrected chi connectivity index (χ1v) is 8.24. The summed E-state index contributed by atoms with van der Waals surface area (Å²) in [6.45, 7) is 4.90. The number of ether oxygens (including phenoxy) is 1. The molecule has 2 heterocycles. The predicted octanol–water partition coefficient (Wildman–Crippen LogP) is 1.75. The van der Waals surface area contributed by atoms with Gasteiger partial charge >= 0.3 is 0 Å². The average molecular weight is 363 g/mol. The molecule has 1 amide bonds. The first kappa shape index (κ1) is 18.2. The Morgan fingerprint density at radius 2 is 1.96 bits per heavy atom. The number of morpholine rings is 1. The van der Waals surface area contributed by atoms with Crippen molar-refractivity contribution >= 4 is 17.4 Å². The highest BCUT2D eigenvalue weighted by Crippen LogP contribution is 2.14. The van der Waals surface area contributed by atoms with E-state index in [1.807, 2.05) is 0 Å². The van der Waals surface area contributed by atoms with Crippen LogP contribution in [-0.2, 0) is 4.74 Å². The van der Waals surface area contributed by atoms with Crippen LogP contribution in [0.15, 0.2) is 30.6 Å². The van der Waals surface area contributed by atoms with Gasteiger partial charge in [-0.25, -0.2) is 18.7 Å². The van der Waals surface area contributed by atoms with Crippen LogP contribution in [0, 0.1) is 11.6 Å². The summed E-state index contributed by atoms with van der Waals surface area (Å²) in [4.78, 5) is 22.5. The molecule has 0 atom stereocenters. The first-order chi connectivity index (χ1) is 12.6. The minimum Gasteiger partial charge on any atom is -0.379 e. The van der Waals surface area contributed by atoms with Crippen LogP contribution in [0.5, 0.6) is 0 Å². The molecule has 138 valence electrons. The normalized spacial score (nSPS) is 14.8. The molecular weight excluding hydrogens is 344 g/mol. The van der Waals surface area contributed by atoms with Crippen LogP contribution in [0.2, 0.25) is 0 Å². The molecule has 1 aromatic heterocycles. The molecule has 1 aromatic carbocycles. The Balaban J connectivity index is 1.49. The fourth-order valence-electron chi connectivity index (χ4n) is 2.47. The molecule has 1 fully saturated rings. The second kappa shape index (κ2) is 8.63. The zero-order valence-corrected chi connectivity index (χ0v) is 14.0. The Kier molecular flexibility index (Phi) is 6.03. The molecule has 1 saturated heterocycles. The van der Waals surface area contributed by atoms with Crippen molar-refractivity contribution in [1.82, 2.24) is 14.9 Å². The molecule has 0 radical (unpaired) electrons. The van der Waals surface area contributed by atoms with E-state index >= 15 is 0 Å². The van der Waals surface area contributed by atoms with Gasteiger partial charge in [-0.2, -0.15) is 0 Å². The molecule has 7 nitrogen and oxygen atoms in total. The van der Waals surface area contributed by atoms with Crippen molar-refractivity contribution < 1.29 is 18.3 Å². The molecule has 1 aliphatic rings. The number of benzene rings is 1. The lowest BCUT2D eigenvalue weighted by molar-refractivity contribution is 0.0398. The van der Waals surface area contributed by atoms with E-state index in [0.29, 0.717) is 12.4 Å². The lowest BCUT2D eigenvalue weighted by Crippen LogP contribution is -2.39. The van der Waals surface area contributed by atoms with Gasteiger partial charge in [-0.3, -0.25) is 9.69 Å². The summed E-state index contributed by atoms with van der Waals surface area (Å²) in [5.41, 5.74) is 0.219. The monoisotopic (exact) mass is 363 g/mol. The van der Waals surface area contributed by atoms with Gasteiger partial charge in [-0.1, -0.05) is 0 Å². The third-order valence-electron chi connectivity index (χ3n) is 3.90. The van der Waals surface area contributed by atoms with E-state index in [1.54, 1.807) is 0 Å². The number of aromatic nitrogens is 2. The molecule has 1 aliphatic heterocycles. The maximum absolute atomic E-state index is 13.2. The Hall–Kier alpha value is -2.65. The summed E-state index contributed by atoms with van der Waals surface area (Å²) >= 11 is 0. The van der Waals surface area contributed by atoms with E-state index in [2.05, 4.69) is 25.5 Å².